The van der Waals surface area contributed by atoms with Gasteiger partial charge in [0, 0.05) is 26.9 Å². The van der Waals surface area contributed by atoms with Crippen LogP contribution in [0.25, 0.3) is 0 Å². The minimum Gasteiger partial charge on any atom is -0.484 e. The van der Waals surface area contributed by atoms with E-state index >= 15 is 0 Å². The molecule has 0 heterocycles. The number of carbonyl (C=O) groups excluding carboxylic acids is 2. The highest BCUT2D eigenvalue weighted by atomic mass is 35.5. The van der Waals surface area contributed by atoms with Gasteiger partial charge < -0.3 is 10.1 Å². The van der Waals surface area contributed by atoms with E-state index in [1.54, 1.807) is 54.4 Å². The molecule has 2 amide bonds. The van der Waals surface area contributed by atoms with Crippen molar-refractivity contribution in [2.45, 2.75) is 17.6 Å². The molecular formula is C30H26ClN3O3S. The summed E-state index contributed by atoms with van der Waals surface area (Å²) in [4.78, 5) is 25.6. The molecule has 0 saturated carbocycles. The molecule has 192 valence electrons. The molecule has 0 bridgehead atoms. The summed E-state index contributed by atoms with van der Waals surface area (Å²) >= 11 is 7.63. The highest BCUT2D eigenvalue weighted by Crippen LogP contribution is 2.24. The molecule has 0 saturated heterocycles. The number of nitrogens with one attached hydrogen (secondary N) is 2. The number of ether oxygens (including phenoxy) is 1. The number of halogens is 1. The van der Waals surface area contributed by atoms with Crippen LogP contribution in [-0.4, -0.2) is 24.6 Å². The van der Waals surface area contributed by atoms with E-state index in [2.05, 4.69) is 15.8 Å². The Labute approximate surface area is 231 Å². The van der Waals surface area contributed by atoms with Crippen LogP contribution in [0.15, 0.2) is 107 Å². The maximum absolute atomic E-state index is 12.4. The topological polar surface area (TPSA) is 79.8 Å². The molecule has 38 heavy (non-hydrogen) atoms. The molecule has 8 heteroatoms. The molecule has 0 aliphatic heterocycles. The first-order valence-corrected chi connectivity index (χ1v) is 13.2. The predicted octanol–water partition coefficient (Wildman–Crippen LogP) is 6.72. The van der Waals surface area contributed by atoms with Crippen LogP contribution in [-0.2, 0) is 10.5 Å². The lowest BCUT2D eigenvalue weighted by Crippen LogP contribution is -2.20. The Kier molecular flexibility index (Phi) is 9.56. The smallest absolute Gasteiger partial charge is 0.271 e. The summed E-state index contributed by atoms with van der Waals surface area (Å²) in [7, 11) is 0. The van der Waals surface area contributed by atoms with E-state index in [0.717, 1.165) is 33.0 Å². The highest BCUT2D eigenvalue weighted by molar-refractivity contribution is 7.98. The van der Waals surface area contributed by atoms with Gasteiger partial charge in [0.05, 0.1) is 6.21 Å². The van der Waals surface area contributed by atoms with Crippen LogP contribution < -0.4 is 15.5 Å². The largest absolute Gasteiger partial charge is 0.484 e. The van der Waals surface area contributed by atoms with Gasteiger partial charge >= 0.3 is 0 Å². The van der Waals surface area contributed by atoms with Gasteiger partial charge in [-0.05, 0) is 90.8 Å². The second-order valence-corrected chi connectivity index (χ2v) is 9.90. The SMILES string of the molecule is Cc1ccc(NC(=O)COc2ccc(/C=N\NC(=O)c3ccc(CSc4ccc(Cl)cc4)cc3)cc2)cc1. The quantitative estimate of drug-likeness (QED) is 0.132. The molecule has 6 nitrogen and oxygen atoms in total. The lowest BCUT2D eigenvalue weighted by atomic mass is 10.1. The van der Waals surface area contributed by atoms with Gasteiger partial charge in [0.25, 0.3) is 11.8 Å². The normalized spacial score (nSPS) is 10.8. The first-order valence-electron chi connectivity index (χ1n) is 11.8. The van der Waals surface area contributed by atoms with Gasteiger partial charge in [-0.2, -0.15) is 5.10 Å². The van der Waals surface area contributed by atoms with E-state index in [4.69, 9.17) is 16.3 Å². The standard InChI is InChI=1S/C30H26ClN3O3S/c1-21-2-12-26(13-3-21)33-29(35)19-37-27-14-6-22(7-15-27)18-32-34-30(36)24-8-4-23(5-9-24)20-38-28-16-10-25(31)11-17-28/h2-18H,19-20H2,1H3,(H,33,35)(H,34,36)/b32-18-. The molecule has 0 atom stereocenters. The van der Waals surface area contributed by atoms with Crippen molar-refractivity contribution in [2.75, 3.05) is 11.9 Å². The van der Waals surface area contributed by atoms with Crippen LogP contribution in [0.2, 0.25) is 5.02 Å². The first-order chi connectivity index (χ1) is 18.4. The number of hydrogen-bond acceptors (Lipinski definition) is 5. The number of thioether (sulfide) groups is 1. The number of amides is 2. The molecule has 0 spiro atoms. The van der Waals surface area contributed by atoms with Crippen molar-refractivity contribution in [3.8, 4) is 5.75 Å². The number of rotatable bonds is 10. The van der Waals surface area contributed by atoms with Crippen LogP contribution in [0.1, 0.15) is 27.0 Å². The molecule has 4 rings (SSSR count). The molecule has 4 aromatic carbocycles. The molecule has 0 aliphatic rings. The third-order valence-electron chi connectivity index (χ3n) is 5.40. The second kappa shape index (κ2) is 13.5. The third kappa shape index (κ3) is 8.50. The lowest BCUT2D eigenvalue weighted by molar-refractivity contribution is -0.118. The summed E-state index contributed by atoms with van der Waals surface area (Å²) < 4.78 is 5.54. The summed E-state index contributed by atoms with van der Waals surface area (Å²) in [5.41, 5.74) is 6.80. The van der Waals surface area contributed by atoms with Crippen molar-refractivity contribution in [1.29, 1.82) is 0 Å². The Morgan fingerprint density at radius 3 is 2.26 bits per heavy atom. The fraction of sp³-hybridized carbons (Fsp3) is 0.100. The molecule has 0 aliphatic carbocycles. The molecule has 0 aromatic heterocycles. The summed E-state index contributed by atoms with van der Waals surface area (Å²) in [5, 5.41) is 7.54. The van der Waals surface area contributed by atoms with Crippen molar-refractivity contribution >= 4 is 47.1 Å². The van der Waals surface area contributed by atoms with E-state index in [0.29, 0.717) is 16.3 Å². The maximum atomic E-state index is 12.4. The van der Waals surface area contributed by atoms with Gasteiger partial charge in [0.2, 0.25) is 0 Å². The minimum atomic E-state index is -0.294. The molecule has 2 N–H and O–H groups in total. The summed E-state index contributed by atoms with van der Waals surface area (Å²) in [6, 6.07) is 29.7. The third-order valence-corrected chi connectivity index (χ3v) is 6.74. The minimum absolute atomic E-state index is 0.101. The van der Waals surface area contributed by atoms with E-state index < -0.39 is 0 Å². The van der Waals surface area contributed by atoms with Crippen LogP contribution >= 0.6 is 23.4 Å². The van der Waals surface area contributed by atoms with Crippen LogP contribution in [0, 0.1) is 6.92 Å². The average molecular weight is 544 g/mol. The molecular weight excluding hydrogens is 518 g/mol. The number of hydrogen-bond donors (Lipinski definition) is 2. The van der Waals surface area contributed by atoms with Crippen molar-refractivity contribution in [3.05, 3.63) is 124 Å². The highest BCUT2D eigenvalue weighted by Gasteiger charge is 2.06. The van der Waals surface area contributed by atoms with Gasteiger partial charge in [0.1, 0.15) is 5.75 Å². The zero-order chi connectivity index (χ0) is 26.7. The number of anilines is 1. The Morgan fingerprint density at radius 1 is 0.895 bits per heavy atom. The van der Waals surface area contributed by atoms with E-state index in [1.807, 2.05) is 67.6 Å². The number of benzene rings is 4. The molecule has 4 aromatic rings. The van der Waals surface area contributed by atoms with Crippen LogP contribution in [0.3, 0.4) is 0 Å². The van der Waals surface area contributed by atoms with Crippen molar-refractivity contribution in [1.82, 2.24) is 5.43 Å². The number of aryl methyl sites for hydroxylation is 1. The van der Waals surface area contributed by atoms with Crippen molar-refractivity contribution in [2.24, 2.45) is 5.10 Å². The molecule has 0 unspecified atom stereocenters. The van der Waals surface area contributed by atoms with Gasteiger partial charge in [-0.15, -0.1) is 11.8 Å². The van der Waals surface area contributed by atoms with E-state index in [9.17, 15) is 9.59 Å². The Morgan fingerprint density at radius 2 is 1.58 bits per heavy atom. The summed E-state index contributed by atoms with van der Waals surface area (Å²) in [5.74, 6) is 0.812. The zero-order valence-corrected chi connectivity index (χ0v) is 22.3. The zero-order valence-electron chi connectivity index (χ0n) is 20.7. The molecule has 0 radical (unpaired) electrons. The maximum Gasteiger partial charge on any atom is 0.271 e. The van der Waals surface area contributed by atoms with E-state index in [1.165, 1.54) is 0 Å². The number of nitrogens with zero attached hydrogens (tertiary/aromatic N) is 1. The molecule has 0 fully saturated rings. The Hall–Kier alpha value is -4.07. The van der Waals surface area contributed by atoms with Crippen LogP contribution in [0.4, 0.5) is 5.69 Å². The van der Waals surface area contributed by atoms with Gasteiger partial charge in [0.15, 0.2) is 6.61 Å². The van der Waals surface area contributed by atoms with Gasteiger partial charge in [-0.1, -0.05) is 41.4 Å². The monoisotopic (exact) mass is 543 g/mol. The van der Waals surface area contributed by atoms with Crippen molar-refractivity contribution in [3.63, 3.8) is 0 Å². The van der Waals surface area contributed by atoms with Gasteiger partial charge in [-0.3, -0.25) is 9.59 Å². The van der Waals surface area contributed by atoms with Gasteiger partial charge in [-0.25, -0.2) is 5.43 Å². The van der Waals surface area contributed by atoms with Crippen LogP contribution in [0.5, 0.6) is 5.75 Å². The Bertz CT molecular complexity index is 1390. The first kappa shape index (κ1) is 27.0. The number of hydrazone groups is 1. The number of carbonyl (C=O) groups is 2. The fourth-order valence-corrected chi connectivity index (χ4v) is 4.29. The Balaban J connectivity index is 1.19. The predicted molar refractivity (Wildman–Crippen MR) is 154 cm³/mol. The second-order valence-electron chi connectivity index (χ2n) is 8.41. The fourth-order valence-electron chi connectivity index (χ4n) is 3.31. The lowest BCUT2D eigenvalue weighted by Gasteiger charge is -2.08. The van der Waals surface area contributed by atoms with Crippen molar-refractivity contribution < 1.29 is 14.3 Å². The average Bonchev–Trinajstić information content (AvgIpc) is 2.94. The summed E-state index contributed by atoms with van der Waals surface area (Å²) in [6.07, 6.45) is 1.54. The van der Waals surface area contributed by atoms with E-state index in [-0.39, 0.29) is 18.4 Å². The summed E-state index contributed by atoms with van der Waals surface area (Å²) in [6.45, 7) is 1.89.